The lowest BCUT2D eigenvalue weighted by Crippen LogP contribution is -2.12. The van der Waals surface area contributed by atoms with Crippen molar-refractivity contribution >= 4 is 70.9 Å². The molecule has 11 heteroatoms. The van der Waals surface area contributed by atoms with Gasteiger partial charge in [0, 0.05) is 4.47 Å². The van der Waals surface area contributed by atoms with Gasteiger partial charge in [-0.05, 0) is 44.2 Å². The van der Waals surface area contributed by atoms with Crippen LogP contribution in [0.15, 0.2) is 23.7 Å². The molecule has 0 spiro atoms. The van der Waals surface area contributed by atoms with Gasteiger partial charge in [0.2, 0.25) is 11.1 Å². The van der Waals surface area contributed by atoms with Gasteiger partial charge < -0.3 is 0 Å². The summed E-state index contributed by atoms with van der Waals surface area (Å²) in [6, 6.07) is 1.52. The van der Waals surface area contributed by atoms with Crippen molar-refractivity contribution in [1.29, 1.82) is 0 Å². The Morgan fingerprint density at radius 1 is 1.50 bits per heavy atom. The lowest BCUT2D eigenvalue weighted by Gasteiger charge is -2.00. The second-order valence-corrected chi connectivity index (χ2v) is 8.87. The monoisotopic (exact) mass is 432 g/mol. The van der Waals surface area contributed by atoms with Gasteiger partial charge in [-0.2, -0.15) is 4.98 Å². The molecule has 0 aliphatic heterocycles. The first-order valence-electron chi connectivity index (χ1n) is 4.36. The van der Waals surface area contributed by atoms with E-state index in [0.29, 0.717) is 13.4 Å². The van der Waals surface area contributed by atoms with Crippen molar-refractivity contribution in [3.63, 3.8) is 0 Å². The molecule has 0 aliphatic rings. The second kappa shape index (κ2) is 5.49. The largest absolute Gasteiger partial charge is 0.273 e. The number of aromatic nitrogens is 3. The van der Waals surface area contributed by atoms with E-state index in [9.17, 15) is 8.42 Å². The molecule has 0 fully saturated rings. The van der Waals surface area contributed by atoms with E-state index in [0.717, 1.165) is 11.3 Å². The van der Waals surface area contributed by atoms with Crippen molar-refractivity contribution in [3.8, 4) is 0 Å². The second-order valence-electron chi connectivity index (χ2n) is 2.96. The van der Waals surface area contributed by atoms with Crippen molar-refractivity contribution in [1.82, 2.24) is 15.2 Å². The third kappa shape index (κ3) is 3.07. The maximum absolute atomic E-state index is 12.0. The fraction of sp³-hybridized carbons (Fsp3) is 0.143. The average molecular weight is 434 g/mol. The Labute approximate surface area is 128 Å². The number of nitrogens with one attached hydrogen (secondary N) is 2. The fourth-order valence-electron chi connectivity index (χ4n) is 1.02. The van der Waals surface area contributed by atoms with Crippen LogP contribution in [0.5, 0.6) is 0 Å². The fourth-order valence-corrected chi connectivity index (χ4v) is 5.12. The molecule has 2 aromatic heterocycles. The number of thioether (sulfide) groups is 1. The highest BCUT2D eigenvalue weighted by Gasteiger charge is 2.20. The van der Waals surface area contributed by atoms with Gasteiger partial charge in [0.15, 0.2) is 0 Å². The molecule has 0 radical (unpaired) electrons. The third-order valence-electron chi connectivity index (χ3n) is 1.77. The number of nitrogens with zero attached hydrogens (tertiary/aromatic N) is 2. The van der Waals surface area contributed by atoms with Crippen LogP contribution < -0.4 is 4.72 Å². The maximum atomic E-state index is 12.0. The molecule has 0 amide bonds. The summed E-state index contributed by atoms with van der Waals surface area (Å²) < 4.78 is 28.0. The molecule has 2 aromatic rings. The van der Waals surface area contributed by atoms with Crippen LogP contribution in [-0.4, -0.2) is 29.9 Å². The SMILES string of the molecule is CSc1n[nH]c(NS(=O)(=O)c2cc(Br)c(Br)s2)n1. The smallest absolute Gasteiger partial charge is 0.247 e. The van der Waals surface area contributed by atoms with Gasteiger partial charge in [-0.3, -0.25) is 0 Å². The minimum absolute atomic E-state index is 0.0972. The Morgan fingerprint density at radius 2 is 2.22 bits per heavy atom. The number of halogens is 2. The van der Waals surface area contributed by atoms with Crippen LogP contribution in [0.4, 0.5) is 5.95 Å². The van der Waals surface area contributed by atoms with Gasteiger partial charge in [-0.1, -0.05) is 11.8 Å². The molecule has 0 bridgehead atoms. The molecular formula is C7H6Br2N4O2S3. The lowest BCUT2D eigenvalue weighted by atomic mass is 10.7. The van der Waals surface area contributed by atoms with Gasteiger partial charge >= 0.3 is 0 Å². The molecule has 0 saturated heterocycles. The van der Waals surface area contributed by atoms with Crippen molar-refractivity contribution in [2.24, 2.45) is 0 Å². The summed E-state index contributed by atoms with van der Waals surface area (Å²) in [5, 5.41) is 6.81. The van der Waals surface area contributed by atoms with Gasteiger partial charge in [-0.25, -0.2) is 18.2 Å². The van der Waals surface area contributed by atoms with E-state index in [-0.39, 0.29) is 10.2 Å². The van der Waals surface area contributed by atoms with E-state index < -0.39 is 10.0 Å². The first-order valence-corrected chi connectivity index (χ1v) is 9.47. The van der Waals surface area contributed by atoms with Crippen LogP contribution in [0.1, 0.15) is 0 Å². The van der Waals surface area contributed by atoms with Gasteiger partial charge in [-0.15, -0.1) is 16.4 Å². The van der Waals surface area contributed by atoms with Crippen LogP contribution in [0.25, 0.3) is 0 Å². The Morgan fingerprint density at radius 3 is 2.72 bits per heavy atom. The summed E-state index contributed by atoms with van der Waals surface area (Å²) in [5.41, 5.74) is 0. The Balaban J connectivity index is 2.26. The minimum atomic E-state index is -3.64. The van der Waals surface area contributed by atoms with E-state index >= 15 is 0 Å². The molecule has 0 atom stereocenters. The first-order chi connectivity index (χ1) is 8.42. The van der Waals surface area contributed by atoms with E-state index in [2.05, 4.69) is 51.8 Å². The molecule has 18 heavy (non-hydrogen) atoms. The lowest BCUT2D eigenvalue weighted by molar-refractivity contribution is 0.602. The number of H-pyrrole nitrogens is 1. The molecular weight excluding hydrogens is 428 g/mol. The third-order valence-corrected chi connectivity index (χ3v) is 7.38. The molecule has 98 valence electrons. The molecule has 6 nitrogen and oxygen atoms in total. The Bertz CT molecular complexity index is 647. The zero-order chi connectivity index (χ0) is 13.3. The van der Waals surface area contributed by atoms with Crippen molar-refractivity contribution in [2.75, 3.05) is 11.0 Å². The zero-order valence-corrected chi connectivity index (χ0v) is 14.4. The highest BCUT2D eigenvalue weighted by atomic mass is 79.9. The molecule has 2 heterocycles. The number of thiophene rings is 1. The van der Waals surface area contributed by atoms with Gasteiger partial charge in [0.05, 0.1) is 3.79 Å². The zero-order valence-electron chi connectivity index (χ0n) is 8.77. The molecule has 0 unspecified atom stereocenters. The Kier molecular flexibility index (Phi) is 4.36. The average Bonchev–Trinajstić information content (AvgIpc) is 2.87. The summed E-state index contributed by atoms with van der Waals surface area (Å²) >= 11 is 8.91. The number of aromatic amines is 1. The highest BCUT2D eigenvalue weighted by molar-refractivity contribution is 9.13. The van der Waals surface area contributed by atoms with Crippen molar-refractivity contribution in [3.05, 3.63) is 14.3 Å². The summed E-state index contributed by atoms with van der Waals surface area (Å²) in [7, 11) is -3.64. The van der Waals surface area contributed by atoms with E-state index in [1.165, 1.54) is 17.8 Å². The van der Waals surface area contributed by atoms with E-state index in [4.69, 9.17) is 0 Å². The van der Waals surface area contributed by atoms with Crippen molar-refractivity contribution in [2.45, 2.75) is 9.37 Å². The standard InChI is InChI=1S/C7H6Br2N4O2S3/c1-16-7-10-6(11-12-7)13-18(14,15)4-2-3(8)5(9)17-4/h2H,1H3,(H2,10,11,12,13). The van der Waals surface area contributed by atoms with Crippen LogP contribution in [0.3, 0.4) is 0 Å². The van der Waals surface area contributed by atoms with Crippen molar-refractivity contribution < 1.29 is 8.42 Å². The maximum Gasteiger partial charge on any atom is 0.273 e. The van der Waals surface area contributed by atoms with Crippen LogP contribution in [-0.2, 0) is 10.0 Å². The van der Waals surface area contributed by atoms with Crippen LogP contribution in [0, 0.1) is 0 Å². The quantitative estimate of drug-likeness (QED) is 0.723. The summed E-state index contributed by atoms with van der Waals surface area (Å²) in [6.45, 7) is 0. The predicted molar refractivity (Wildman–Crippen MR) is 78.7 cm³/mol. The van der Waals surface area contributed by atoms with Crippen LogP contribution in [0.2, 0.25) is 0 Å². The van der Waals surface area contributed by atoms with Gasteiger partial charge in [0.1, 0.15) is 4.21 Å². The topological polar surface area (TPSA) is 87.7 Å². The molecule has 2 rings (SSSR count). The number of anilines is 1. The number of sulfonamides is 1. The Hall–Kier alpha value is -0.100. The highest BCUT2D eigenvalue weighted by Crippen LogP contribution is 2.35. The summed E-state index contributed by atoms with van der Waals surface area (Å²) in [4.78, 5) is 3.96. The minimum Gasteiger partial charge on any atom is -0.247 e. The summed E-state index contributed by atoms with van der Waals surface area (Å²) in [6.07, 6.45) is 1.80. The number of rotatable bonds is 4. The predicted octanol–water partition coefficient (Wildman–Crippen LogP) is 2.91. The van der Waals surface area contributed by atoms with Gasteiger partial charge in [0.25, 0.3) is 10.0 Å². The molecule has 0 aliphatic carbocycles. The molecule has 0 saturated carbocycles. The van der Waals surface area contributed by atoms with E-state index in [1.54, 1.807) is 6.26 Å². The molecule has 0 aromatic carbocycles. The number of hydrogen-bond donors (Lipinski definition) is 2. The first kappa shape index (κ1) is 14.3. The van der Waals surface area contributed by atoms with E-state index in [1.807, 2.05) is 0 Å². The normalized spacial score (nSPS) is 11.7. The summed E-state index contributed by atoms with van der Waals surface area (Å²) in [5.74, 6) is 0.0972. The molecule has 2 N–H and O–H groups in total. The number of hydrogen-bond acceptors (Lipinski definition) is 6. The van der Waals surface area contributed by atoms with Crippen LogP contribution >= 0.6 is 55.0 Å².